The summed E-state index contributed by atoms with van der Waals surface area (Å²) >= 11 is 0. The number of fused-ring (bicyclic) bond motifs is 3. The van der Waals surface area contributed by atoms with E-state index < -0.39 is 0 Å². The second-order valence-corrected chi connectivity index (χ2v) is 10.3. The fraction of sp³-hybridized carbons (Fsp3) is 0.593. The Kier molecular flexibility index (Phi) is 7.79. The Morgan fingerprint density at radius 1 is 1.20 bits per heavy atom. The molecular formula is C27H41N6O2+. The fourth-order valence-corrected chi connectivity index (χ4v) is 4.90. The number of aliphatic imine (C=N–C) groups is 2. The van der Waals surface area contributed by atoms with E-state index in [-0.39, 0.29) is 12.1 Å². The molecule has 1 fully saturated rings. The van der Waals surface area contributed by atoms with Gasteiger partial charge in [0.1, 0.15) is 36.4 Å². The van der Waals surface area contributed by atoms with Crippen molar-refractivity contribution in [1.29, 1.82) is 0 Å². The normalized spacial score (nSPS) is 18.7. The lowest BCUT2D eigenvalue weighted by molar-refractivity contribution is -0.684. The van der Waals surface area contributed by atoms with E-state index in [0.29, 0.717) is 30.2 Å². The third-order valence-electron chi connectivity index (χ3n) is 6.82. The third-order valence-corrected chi connectivity index (χ3v) is 6.82. The minimum Gasteiger partial charge on any atom is -0.490 e. The van der Waals surface area contributed by atoms with Gasteiger partial charge in [0.2, 0.25) is 11.5 Å². The minimum atomic E-state index is 0.108. The van der Waals surface area contributed by atoms with Gasteiger partial charge in [0.15, 0.2) is 0 Å². The Morgan fingerprint density at radius 2 is 1.94 bits per heavy atom. The molecule has 8 nitrogen and oxygen atoms in total. The first-order valence-corrected chi connectivity index (χ1v) is 12.9. The Labute approximate surface area is 209 Å². The SMILES string of the molecule is CC(N)=NC(=NC(C)C)c1c[n+]2c([nH]1)-c1ccc(OC(C)C3CCN(C(C)C)CC3)cc1OCC2. The first-order valence-electron chi connectivity index (χ1n) is 12.9. The van der Waals surface area contributed by atoms with Gasteiger partial charge in [-0.25, -0.2) is 14.5 Å². The lowest BCUT2D eigenvalue weighted by atomic mass is 9.91. The van der Waals surface area contributed by atoms with Gasteiger partial charge in [0.05, 0.1) is 11.9 Å². The summed E-state index contributed by atoms with van der Waals surface area (Å²) < 4.78 is 14.7. The van der Waals surface area contributed by atoms with Crippen LogP contribution in [0.2, 0.25) is 0 Å². The highest BCUT2D eigenvalue weighted by molar-refractivity contribution is 6.04. The minimum absolute atomic E-state index is 0.108. The molecule has 0 spiro atoms. The number of nitrogens with one attached hydrogen (secondary N) is 1. The Hall–Kier alpha value is -2.87. The summed E-state index contributed by atoms with van der Waals surface area (Å²) in [6.07, 6.45) is 4.56. The zero-order valence-electron chi connectivity index (χ0n) is 22.0. The number of nitrogens with two attached hydrogens (primary N) is 1. The molecule has 3 N–H and O–H groups in total. The van der Waals surface area contributed by atoms with Crippen LogP contribution in [0.3, 0.4) is 0 Å². The largest absolute Gasteiger partial charge is 0.490 e. The molecule has 3 heterocycles. The molecule has 1 aromatic carbocycles. The second-order valence-electron chi connectivity index (χ2n) is 10.3. The highest BCUT2D eigenvalue weighted by Crippen LogP contribution is 2.34. The number of imidazole rings is 1. The van der Waals surface area contributed by atoms with Crippen LogP contribution in [-0.4, -0.2) is 59.4 Å². The number of H-pyrrole nitrogens is 1. The van der Waals surface area contributed by atoms with Crippen LogP contribution in [0.5, 0.6) is 11.5 Å². The average molecular weight is 482 g/mol. The first-order chi connectivity index (χ1) is 16.7. The van der Waals surface area contributed by atoms with Gasteiger partial charge in [-0.3, -0.25) is 4.99 Å². The maximum Gasteiger partial charge on any atom is 0.291 e. The summed E-state index contributed by atoms with van der Waals surface area (Å²) in [4.78, 5) is 15.2. The van der Waals surface area contributed by atoms with Crippen molar-refractivity contribution in [1.82, 2.24) is 9.88 Å². The van der Waals surface area contributed by atoms with E-state index in [1.807, 2.05) is 32.2 Å². The Balaban J connectivity index is 1.54. The fourth-order valence-electron chi connectivity index (χ4n) is 4.90. The number of likely N-dealkylation sites (tertiary alicyclic amines) is 1. The summed E-state index contributed by atoms with van der Waals surface area (Å²) in [5.41, 5.74) is 7.71. The van der Waals surface area contributed by atoms with Gasteiger partial charge in [-0.1, -0.05) is 0 Å². The molecular weight excluding hydrogens is 440 g/mol. The van der Waals surface area contributed by atoms with Gasteiger partial charge in [-0.05, 0) is 85.5 Å². The maximum absolute atomic E-state index is 6.41. The Morgan fingerprint density at radius 3 is 2.60 bits per heavy atom. The number of amidine groups is 2. The molecule has 4 rings (SSSR count). The number of nitrogens with zero attached hydrogens (tertiary/aromatic N) is 4. The Bertz CT molecular complexity index is 1080. The first kappa shape index (κ1) is 25.2. The molecule has 1 atom stereocenters. The van der Waals surface area contributed by atoms with Crippen molar-refractivity contribution in [2.75, 3.05) is 19.7 Å². The monoisotopic (exact) mass is 481 g/mol. The molecule has 2 aromatic rings. The number of hydrogen-bond acceptors (Lipinski definition) is 4. The van der Waals surface area contributed by atoms with Crippen LogP contribution in [0.1, 0.15) is 60.1 Å². The number of rotatable bonds is 6. The summed E-state index contributed by atoms with van der Waals surface area (Å²) in [5, 5.41) is 0. The molecule has 35 heavy (non-hydrogen) atoms. The summed E-state index contributed by atoms with van der Waals surface area (Å²) in [6, 6.07) is 6.87. The predicted molar refractivity (Wildman–Crippen MR) is 140 cm³/mol. The molecule has 1 aromatic heterocycles. The van der Waals surface area contributed by atoms with Gasteiger partial charge in [-0.15, -0.1) is 0 Å². The molecule has 1 unspecified atom stereocenters. The zero-order chi connectivity index (χ0) is 25.1. The van der Waals surface area contributed by atoms with Gasteiger partial charge in [0, 0.05) is 18.2 Å². The van der Waals surface area contributed by atoms with Crippen molar-refractivity contribution in [3.05, 3.63) is 30.1 Å². The smallest absolute Gasteiger partial charge is 0.291 e. The number of piperidine rings is 1. The zero-order valence-corrected chi connectivity index (χ0v) is 22.0. The number of benzene rings is 1. The van der Waals surface area contributed by atoms with Crippen LogP contribution in [0.25, 0.3) is 11.4 Å². The molecule has 0 bridgehead atoms. The van der Waals surface area contributed by atoms with Crippen LogP contribution >= 0.6 is 0 Å². The topological polar surface area (TPSA) is 92.1 Å². The van der Waals surface area contributed by atoms with Crippen molar-refractivity contribution >= 4 is 11.7 Å². The van der Waals surface area contributed by atoms with Crippen LogP contribution < -0.4 is 19.8 Å². The van der Waals surface area contributed by atoms with E-state index in [0.717, 1.165) is 48.2 Å². The molecule has 190 valence electrons. The molecule has 8 heteroatoms. The maximum atomic E-state index is 6.41. The number of hydrogen-bond donors (Lipinski definition) is 2. The predicted octanol–water partition coefficient (Wildman–Crippen LogP) is 3.78. The van der Waals surface area contributed by atoms with E-state index in [2.05, 4.69) is 51.3 Å². The molecule has 0 radical (unpaired) electrons. The highest BCUT2D eigenvalue weighted by atomic mass is 16.5. The van der Waals surface area contributed by atoms with Crippen molar-refractivity contribution in [3.63, 3.8) is 0 Å². The van der Waals surface area contributed by atoms with Crippen LogP contribution in [-0.2, 0) is 6.54 Å². The van der Waals surface area contributed by atoms with E-state index in [4.69, 9.17) is 15.2 Å². The molecule has 0 saturated carbocycles. The van der Waals surface area contributed by atoms with Gasteiger partial charge >= 0.3 is 0 Å². The van der Waals surface area contributed by atoms with E-state index in [1.54, 1.807) is 6.92 Å². The van der Waals surface area contributed by atoms with Gasteiger partial charge in [0.25, 0.3) is 5.82 Å². The van der Waals surface area contributed by atoms with Gasteiger partial charge in [-0.2, -0.15) is 0 Å². The van der Waals surface area contributed by atoms with E-state index >= 15 is 0 Å². The van der Waals surface area contributed by atoms with Crippen molar-refractivity contribution in [2.45, 2.75) is 79.1 Å². The van der Waals surface area contributed by atoms with Crippen LogP contribution in [0.4, 0.5) is 0 Å². The summed E-state index contributed by atoms with van der Waals surface area (Å²) in [5.74, 6) is 4.31. The molecule has 0 aliphatic carbocycles. The number of ether oxygens (including phenoxy) is 2. The lowest BCUT2D eigenvalue weighted by Crippen LogP contribution is -2.41. The number of aromatic amines is 1. The molecule has 0 amide bonds. The molecule has 2 aliphatic heterocycles. The quantitative estimate of drug-likeness (QED) is 0.373. The van der Waals surface area contributed by atoms with E-state index in [9.17, 15) is 0 Å². The van der Waals surface area contributed by atoms with E-state index in [1.165, 1.54) is 12.8 Å². The standard InChI is InChI=1S/C27H40N6O2/c1-17(2)29-26(30-20(6)28)24-16-33-13-14-34-25-15-22(7-8-23(25)27(33)31-24)35-19(5)21-9-11-32(12-10-21)18(3)4/h7-8,15-19,21H,9-14H2,1-6H3,(H2,28,29,30)/p+1. The van der Waals surface area contributed by atoms with Crippen LogP contribution in [0, 0.1) is 5.92 Å². The molecule has 1 saturated heterocycles. The molecule has 2 aliphatic rings. The number of aromatic nitrogens is 2. The average Bonchev–Trinajstić information content (AvgIpc) is 3.15. The second kappa shape index (κ2) is 10.8. The van der Waals surface area contributed by atoms with Crippen molar-refractivity contribution < 1.29 is 14.0 Å². The van der Waals surface area contributed by atoms with Gasteiger partial charge < -0.3 is 20.1 Å². The van der Waals surface area contributed by atoms with Crippen molar-refractivity contribution in [3.8, 4) is 22.9 Å². The van der Waals surface area contributed by atoms with Crippen LogP contribution in [0.15, 0.2) is 34.4 Å². The third kappa shape index (κ3) is 6.04. The lowest BCUT2D eigenvalue weighted by Gasteiger charge is -2.36. The highest BCUT2D eigenvalue weighted by Gasteiger charge is 2.29. The van der Waals surface area contributed by atoms with Crippen molar-refractivity contribution in [2.24, 2.45) is 21.6 Å². The summed E-state index contributed by atoms with van der Waals surface area (Å²) in [6.45, 7) is 16.2. The summed E-state index contributed by atoms with van der Waals surface area (Å²) in [7, 11) is 0.